The molecule has 0 bridgehead atoms. The van der Waals surface area contributed by atoms with Crippen molar-refractivity contribution in [3.8, 4) is 0 Å². The number of fused-ring (bicyclic) bond motifs is 1. The maximum absolute atomic E-state index is 11.5. The minimum Gasteiger partial charge on any atom is -0.477 e. The highest BCUT2D eigenvalue weighted by atomic mass is 32.2. The number of nitrogens with one attached hydrogen (secondary N) is 1. The number of benzene rings is 2. The molecule has 110 valence electrons. The summed E-state index contributed by atoms with van der Waals surface area (Å²) in [6.07, 6.45) is 1.65. The predicted molar refractivity (Wildman–Crippen MR) is 86.5 cm³/mol. The van der Waals surface area contributed by atoms with Crippen molar-refractivity contribution in [3.05, 3.63) is 58.8 Å². The molecule has 5 nitrogen and oxygen atoms in total. The number of aliphatic carboxylic acids is 1. The zero-order valence-electron chi connectivity index (χ0n) is 11.8. The summed E-state index contributed by atoms with van der Waals surface area (Å²) in [7, 11) is 0. The second-order valence-electron chi connectivity index (χ2n) is 4.69. The van der Waals surface area contributed by atoms with Crippen LogP contribution in [0.1, 0.15) is 11.4 Å². The molecule has 1 heterocycles. The topological polar surface area (TPSA) is 78.9 Å². The zero-order chi connectivity index (χ0) is 15.5. The Morgan fingerprint density at radius 2 is 2.00 bits per heavy atom. The van der Waals surface area contributed by atoms with Gasteiger partial charge in [-0.15, -0.1) is 5.10 Å². The lowest BCUT2D eigenvalue weighted by Crippen LogP contribution is -1.97. The monoisotopic (exact) mass is 311 g/mol. The summed E-state index contributed by atoms with van der Waals surface area (Å²) in [5.41, 5.74) is 0.857. The number of carboxylic acids is 1. The zero-order valence-corrected chi connectivity index (χ0v) is 12.6. The van der Waals surface area contributed by atoms with Gasteiger partial charge in [0.15, 0.2) is 0 Å². The van der Waals surface area contributed by atoms with E-state index in [-0.39, 0.29) is 4.91 Å². The third-order valence-corrected chi connectivity index (χ3v) is 3.98. The van der Waals surface area contributed by atoms with Gasteiger partial charge in [-0.05, 0) is 41.1 Å². The maximum atomic E-state index is 11.5. The van der Waals surface area contributed by atoms with Crippen molar-refractivity contribution in [2.75, 3.05) is 0 Å². The summed E-state index contributed by atoms with van der Waals surface area (Å²) in [4.78, 5) is 15.8. The van der Waals surface area contributed by atoms with Crippen molar-refractivity contribution < 1.29 is 9.90 Å². The van der Waals surface area contributed by atoms with Crippen molar-refractivity contribution in [1.29, 1.82) is 0 Å². The molecule has 2 N–H and O–H groups in total. The molecule has 0 amide bonds. The second-order valence-corrected chi connectivity index (χ2v) is 5.70. The summed E-state index contributed by atoms with van der Waals surface area (Å²) in [5.74, 6) is -0.349. The number of H-pyrrole nitrogens is 1. The molecule has 1 aromatic heterocycles. The van der Waals surface area contributed by atoms with Gasteiger partial charge in [-0.2, -0.15) is 0 Å². The third kappa shape index (κ3) is 3.01. The largest absolute Gasteiger partial charge is 0.477 e. The molecule has 0 saturated carbocycles. The van der Waals surface area contributed by atoms with Crippen LogP contribution in [0.3, 0.4) is 0 Å². The number of nitrogens with zero attached hydrogens (tertiary/aromatic N) is 2. The van der Waals surface area contributed by atoms with Crippen LogP contribution in [0.4, 0.5) is 0 Å². The van der Waals surface area contributed by atoms with Gasteiger partial charge in [0, 0.05) is 0 Å². The van der Waals surface area contributed by atoms with Crippen LogP contribution < -0.4 is 0 Å². The highest BCUT2D eigenvalue weighted by Gasteiger charge is 2.13. The quantitative estimate of drug-likeness (QED) is 0.569. The first-order valence-corrected chi connectivity index (χ1v) is 7.45. The molecule has 0 radical (unpaired) electrons. The second kappa shape index (κ2) is 6.03. The average Bonchev–Trinajstić information content (AvgIpc) is 2.92. The van der Waals surface area contributed by atoms with Crippen LogP contribution in [0, 0.1) is 6.92 Å². The van der Waals surface area contributed by atoms with Crippen LogP contribution in [0.5, 0.6) is 0 Å². The van der Waals surface area contributed by atoms with Gasteiger partial charge in [0.05, 0.1) is 0 Å². The van der Waals surface area contributed by atoms with Gasteiger partial charge in [-0.25, -0.2) is 9.78 Å². The number of carbonyl (C=O) groups is 1. The molecular weight excluding hydrogens is 298 g/mol. The maximum Gasteiger partial charge on any atom is 0.342 e. The van der Waals surface area contributed by atoms with Crippen LogP contribution in [0.15, 0.2) is 52.5 Å². The van der Waals surface area contributed by atoms with Gasteiger partial charge < -0.3 is 5.11 Å². The van der Waals surface area contributed by atoms with E-state index in [0.717, 1.165) is 28.1 Å². The summed E-state index contributed by atoms with van der Waals surface area (Å²) in [6.45, 7) is 1.77. The highest BCUT2D eigenvalue weighted by molar-refractivity contribution is 8.04. The average molecular weight is 311 g/mol. The number of carboxylic acid groups (broad SMARTS) is 1. The van der Waals surface area contributed by atoms with E-state index in [2.05, 4.69) is 15.2 Å². The summed E-state index contributed by atoms with van der Waals surface area (Å²) >= 11 is 1.03. The molecule has 3 rings (SSSR count). The van der Waals surface area contributed by atoms with Gasteiger partial charge in [-0.1, -0.05) is 42.5 Å². The number of hydrogen-bond acceptors (Lipinski definition) is 4. The molecule has 0 unspecified atom stereocenters. The molecule has 0 saturated heterocycles. The van der Waals surface area contributed by atoms with Crippen molar-refractivity contribution in [1.82, 2.24) is 15.2 Å². The number of aryl methyl sites for hydroxylation is 1. The summed E-state index contributed by atoms with van der Waals surface area (Å²) < 4.78 is 0. The van der Waals surface area contributed by atoms with E-state index in [1.54, 1.807) is 13.0 Å². The SMILES string of the molecule is Cc1nc(SC(=Cc2cccc3ccccc23)C(=O)O)n[nH]1. The fraction of sp³-hybridized carbons (Fsp3) is 0.0625. The first-order chi connectivity index (χ1) is 10.6. The van der Waals surface area contributed by atoms with Gasteiger partial charge in [-0.3, -0.25) is 5.10 Å². The van der Waals surface area contributed by atoms with E-state index < -0.39 is 5.97 Å². The van der Waals surface area contributed by atoms with E-state index in [9.17, 15) is 9.90 Å². The predicted octanol–water partition coefficient (Wildman–Crippen LogP) is 3.48. The standard InChI is InChI=1S/C16H13N3O2S/c1-10-17-16(19-18-10)22-14(15(20)21)9-12-7-4-6-11-5-2-3-8-13(11)12/h2-9H,1H3,(H,20,21)(H,17,18,19). The minimum atomic E-state index is -1.000. The molecular formula is C16H13N3O2S. The van der Waals surface area contributed by atoms with E-state index in [1.165, 1.54) is 0 Å². The van der Waals surface area contributed by atoms with Crippen molar-refractivity contribution in [2.45, 2.75) is 12.1 Å². The van der Waals surface area contributed by atoms with Crippen LogP contribution >= 0.6 is 11.8 Å². The number of rotatable bonds is 4. The number of hydrogen-bond donors (Lipinski definition) is 2. The van der Waals surface area contributed by atoms with Crippen molar-refractivity contribution >= 4 is 34.6 Å². The van der Waals surface area contributed by atoms with E-state index >= 15 is 0 Å². The highest BCUT2D eigenvalue weighted by Crippen LogP contribution is 2.28. The van der Waals surface area contributed by atoms with Gasteiger partial charge in [0.25, 0.3) is 0 Å². The first kappa shape index (κ1) is 14.3. The fourth-order valence-electron chi connectivity index (χ4n) is 2.12. The van der Waals surface area contributed by atoms with Gasteiger partial charge >= 0.3 is 5.97 Å². The van der Waals surface area contributed by atoms with E-state index in [1.807, 2.05) is 42.5 Å². The van der Waals surface area contributed by atoms with Crippen LogP contribution in [-0.2, 0) is 4.79 Å². The Balaban J connectivity index is 2.03. The molecule has 0 fully saturated rings. The van der Waals surface area contributed by atoms with E-state index in [0.29, 0.717) is 11.0 Å². The lowest BCUT2D eigenvalue weighted by atomic mass is 10.0. The number of aromatic amines is 1. The van der Waals surface area contributed by atoms with E-state index in [4.69, 9.17) is 0 Å². The first-order valence-electron chi connectivity index (χ1n) is 6.63. The molecule has 0 aliphatic heterocycles. The number of aromatic nitrogens is 3. The van der Waals surface area contributed by atoms with Gasteiger partial charge in [0.1, 0.15) is 10.7 Å². The Labute approximate surface area is 131 Å². The minimum absolute atomic E-state index is 0.176. The molecule has 2 aromatic carbocycles. The molecule has 0 atom stereocenters. The Morgan fingerprint density at radius 1 is 1.23 bits per heavy atom. The Hall–Kier alpha value is -2.60. The molecule has 0 aliphatic rings. The van der Waals surface area contributed by atoms with Crippen LogP contribution in [0.25, 0.3) is 16.8 Å². The lowest BCUT2D eigenvalue weighted by Gasteiger charge is -2.04. The summed E-state index contributed by atoms with van der Waals surface area (Å²) in [6, 6.07) is 13.7. The van der Waals surface area contributed by atoms with Gasteiger partial charge in [0.2, 0.25) is 5.16 Å². The smallest absolute Gasteiger partial charge is 0.342 e. The Morgan fingerprint density at radius 3 is 2.73 bits per heavy atom. The van der Waals surface area contributed by atoms with Crippen LogP contribution in [-0.4, -0.2) is 26.3 Å². The Kier molecular flexibility index (Phi) is 3.93. The normalized spacial score (nSPS) is 11.8. The third-order valence-electron chi connectivity index (χ3n) is 3.10. The lowest BCUT2D eigenvalue weighted by molar-refractivity contribution is -0.131. The molecule has 6 heteroatoms. The molecule has 0 spiro atoms. The van der Waals surface area contributed by atoms with Crippen molar-refractivity contribution in [3.63, 3.8) is 0 Å². The van der Waals surface area contributed by atoms with Crippen molar-refractivity contribution in [2.24, 2.45) is 0 Å². The Bertz CT molecular complexity index is 865. The molecule has 0 aliphatic carbocycles. The number of thioether (sulfide) groups is 1. The summed E-state index contributed by atoms with van der Waals surface area (Å²) in [5, 5.41) is 18.6. The fourth-order valence-corrected chi connectivity index (χ4v) is 2.86. The molecule has 3 aromatic rings. The molecule has 22 heavy (non-hydrogen) atoms. The van der Waals surface area contributed by atoms with Crippen LogP contribution in [0.2, 0.25) is 0 Å².